The van der Waals surface area contributed by atoms with Crippen molar-refractivity contribution in [3.63, 3.8) is 0 Å². The van der Waals surface area contributed by atoms with Gasteiger partial charge in [0, 0.05) is 0 Å². The molecule has 1 rings (SSSR count). The topological polar surface area (TPSA) is 240 Å². The molecule has 0 aliphatic heterocycles. The van der Waals surface area contributed by atoms with E-state index in [1.165, 1.54) is 6.08 Å². The van der Waals surface area contributed by atoms with E-state index in [0.29, 0.717) is 13.7 Å². The number of aliphatic hydroxyl groups excluding tert-OH is 6. The van der Waals surface area contributed by atoms with E-state index in [1.54, 1.807) is 6.92 Å². The summed E-state index contributed by atoms with van der Waals surface area (Å²) in [5.41, 5.74) is -3.24. The van der Waals surface area contributed by atoms with Crippen LogP contribution in [-0.4, -0.2) is 107 Å². The molecule has 6 atom stereocenters. The molecular weight excluding hydrogens is 490 g/mol. The Labute approximate surface area is 203 Å². The molecule has 1 heterocycles. The van der Waals surface area contributed by atoms with Gasteiger partial charge in [-0.2, -0.15) is 0 Å². The smallest absolute Gasteiger partial charge is 0.337 e. The van der Waals surface area contributed by atoms with Crippen LogP contribution in [0.1, 0.15) is 13.3 Å². The van der Waals surface area contributed by atoms with Crippen molar-refractivity contribution >= 4 is 11.9 Å². The Hall–Kier alpha value is -3.15. The Balaban J connectivity index is 3.03. The molecule has 6 unspecified atom stereocenters. The van der Waals surface area contributed by atoms with Crippen LogP contribution in [0.2, 0.25) is 0 Å². The molecule has 1 aromatic rings. The highest BCUT2D eigenvalue weighted by molar-refractivity contribution is 5.77. The second-order valence-corrected chi connectivity index (χ2v) is 7.71. The fraction of sp³-hybridized carbons (Fsp3) is 0.650. The quantitative estimate of drug-likeness (QED) is 0.0991. The van der Waals surface area contributed by atoms with Gasteiger partial charge in [0.25, 0.3) is 0 Å². The summed E-state index contributed by atoms with van der Waals surface area (Å²) in [6.07, 6.45) is -10.9. The lowest BCUT2D eigenvalue weighted by atomic mass is 10.0. The summed E-state index contributed by atoms with van der Waals surface area (Å²) in [6, 6.07) is 0. The Morgan fingerprint density at radius 3 is 1.72 bits per heavy atom. The highest BCUT2D eigenvalue weighted by atomic mass is 16.6. The van der Waals surface area contributed by atoms with E-state index in [2.05, 4.69) is 16.1 Å². The van der Waals surface area contributed by atoms with Crippen LogP contribution in [0.15, 0.2) is 27.0 Å². The van der Waals surface area contributed by atoms with Crippen molar-refractivity contribution in [1.82, 2.24) is 13.7 Å². The number of methoxy groups -OCH3 is 1. The largest absolute Gasteiger partial charge is 0.467 e. The second-order valence-electron chi connectivity index (χ2n) is 7.71. The Morgan fingerprint density at radius 1 is 0.833 bits per heavy atom. The minimum Gasteiger partial charge on any atom is -0.467 e. The maximum Gasteiger partial charge on any atom is 0.337 e. The van der Waals surface area contributed by atoms with Crippen LogP contribution < -0.4 is 17.1 Å². The molecule has 0 aliphatic carbocycles. The molecule has 6 N–H and O–H groups in total. The highest BCUT2D eigenvalue weighted by Gasteiger charge is 2.38. The van der Waals surface area contributed by atoms with Gasteiger partial charge in [0.05, 0.1) is 32.8 Å². The van der Waals surface area contributed by atoms with E-state index in [4.69, 9.17) is 0 Å². The molecule has 204 valence electrons. The second kappa shape index (κ2) is 13.8. The number of ether oxygens (including phenoxy) is 2. The minimum atomic E-state index is -2.46. The van der Waals surface area contributed by atoms with Crippen LogP contribution in [0.25, 0.3) is 0 Å². The minimum absolute atomic E-state index is 0.199. The Morgan fingerprint density at radius 2 is 1.28 bits per heavy atom. The first kappa shape index (κ1) is 30.9. The summed E-state index contributed by atoms with van der Waals surface area (Å²) in [7, 11) is 0.881. The number of esters is 2. The van der Waals surface area contributed by atoms with E-state index in [1.807, 2.05) is 0 Å². The zero-order valence-electron chi connectivity index (χ0n) is 19.7. The van der Waals surface area contributed by atoms with Gasteiger partial charge in [-0.05, 0) is 6.42 Å². The number of aliphatic hydroxyl groups is 6. The van der Waals surface area contributed by atoms with Crippen molar-refractivity contribution in [2.24, 2.45) is 0 Å². The first-order chi connectivity index (χ1) is 16.8. The van der Waals surface area contributed by atoms with E-state index >= 15 is 0 Å². The number of carbonyl (C=O) groups excluding carboxylic acids is 2. The molecule has 0 radical (unpaired) electrons. The van der Waals surface area contributed by atoms with Crippen molar-refractivity contribution < 1.29 is 49.7 Å². The Bertz CT molecular complexity index is 1090. The molecule has 16 heteroatoms. The van der Waals surface area contributed by atoms with E-state index in [9.17, 15) is 54.6 Å². The van der Waals surface area contributed by atoms with Gasteiger partial charge in [0.15, 0.2) is 12.2 Å². The fourth-order valence-electron chi connectivity index (χ4n) is 2.92. The molecule has 0 aromatic carbocycles. The lowest BCUT2D eigenvalue weighted by Gasteiger charge is -2.24. The van der Waals surface area contributed by atoms with E-state index in [0.717, 1.165) is 7.11 Å². The maximum absolute atomic E-state index is 12.7. The van der Waals surface area contributed by atoms with Gasteiger partial charge in [-0.15, -0.1) is 6.58 Å². The molecule has 0 bridgehead atoms. The van der Waals surface area contributed by atoms with E-state index < -0.39 is 85.3 Å². The molecule has 0 amide bonds. The normalized spacial score (nSPS) is 16.3. The average molecular weight is 521 g/mol. The summed E-state index contributed by atoms with van der Waals surface area (Å²) in [5.74, 6) is -2.93. The molecular formula is C20H31N3O13. The van der Waals surface area contributed by atoms with Gasteiger partial charge < -0.3 is 40.1 Å². The average Bonchev–Trinajstić information content (AvgIpc) is 2.87. The van der Waals surface area contributed by atoms with Crippen molar-refractivity contribution in [3.8, 4) is 0 Å². The van der Waals surface area contributed by atoms with Gasteiger partial charge in [-0.25, -0.2) is 37.7 Å². The molecule has 16 nitrogen and oxygen atoms in total. The zero-order chi connectivity index (χ0) is 27.7. The fourth-order valence-corrected chi connectivity index (χ4v) is 2.92. The van der Waals surface area contributed by atoms with Crippen LogP contribution in [-0.2, 0) is 38.7 Å². The standard InChI is InChI=1S/C20H31N3O13/c1-4-6-21-18(32)22(7-10(24)5-2)20(34)23(19(21)33)8-11(25)9-36-17(31)15(29)13(27)12(26)14(28)16(30)35-3/h4,10-15,24-29H,1,5-9H2,2-3H3. The number of allylic oxidation sites excluding steroid dienone is 1. The Kier molecular flexibility index (Phi) is 11.8. The summed E-state index contributed by atoms with van der Waals surface area (Å²) in [5, 5.41) is 58.8. The van der Waals surface area contributed by atoms with Crippen LogP contribution in [0, 0.1) is 0 Å². The van der Waals surface area contributed by atoms with Gasteiger partial charge >= 0.3 is 29.0 Å². The summed E-state index contributed by atoms with van der Waals surface area (Å²) >= 11 is 0. The van der Waals surface area contributed by atoms with Crippen LogP contribution >= 0.6 is 0 Å². The molecule has 0 spiro atoms. The van der Waals surface area contributed by atoms with Crippen molar-refractivity contribution in [2.75, 3.05) is 13.7 Å². The van der Waals surface area contributed by atoms with Gasteiger partial charge in [0.2, 0.25) is 0 Å². The van der Waals surface area contributed by atoms with Crippen LogP contribution in [0.5, 0.6) is 0 Å². The number of carbonyl (C=O) groups is 2. The number of nitrogens with zero attached hydrogens (tertiary/aromatic N) is 3. The summed E-state index contributed by atoms with van der Waals surface area (Å²) < 4.78 is 10.5. The number of aromatic nitrogens is 3. The third kappa shape index (κ3) is 7.42. The zero-order valence-corrected chi connectivity index (χ0v) is 19.7. The monoisotopic (exact) mass is 521 g/mol. The lowest BCUT2D eigenvalue weighted by Crippen LogP contribution is -2.56. The molecule has 36 heavy (non-hydrogen) atoms. The molecule has 0 aliphatic rings. The first-order valence-electron chi connectivity index (χ1n) is 10.7. The third-order valence-corrected chi connectivity index (χ3v) is 5.05. The summed E-state index contributed by atoms with van der Waals surface area (Å²) in [4.78, 5) is 61.0. The molecule has 0 saturated carbocycles. The first-order valence-corrected chi connectivity index (χ1v) is 10.7. The van der Waals surface area contributed by atoms with Crippen molar-refractivity contribution in [3.05, 3.63) is 44.1 Å². The van der Waals surface area contributed by atoms with Gasteiger partial charge in [-0.1, -0.05) is 13.0 Å². The van der Waals surface area contributed by atoms with Gasteiger partial charge in [-0.3, -0.25) is 0 Å². The lowest BCUT2D eigenvalue weighted by molar-refractivity contribution is -0.179. The van der Waals surface area contributed by atoms with E-state index in [-0.39, 0.29) is 13.0 Å². The summed E-state index contributed by atoms with van der Waals surface area (Å²) in [6.45, 7) is 2.63. The number of rotatable bonds is 14. The van der Waals surface area contributed by atoms with Gasteiger partial charge in [0.1, 0.15) is 24.9 Å². The predicted octanol–water partition coefficient (Wildman–Crippen LogP) is -5.35. The maximum atomic E-state index is 12.7. The predicted molar refractivity (Wildman–Crippen MR) is 119 cm³/mol. The molecule has 1 aromatic heterocycles. The van der Waals surface area contributed by atoms with Crippen LogP contribution in [0.3, 0.4) is 0 Å². The number of hydrogen-bond donors (Lipinski definition) is 6. The van der Waals surface area contributed by atoms with Crippen molar-refractivity contribution in [1.29, 1.82) is 0 Å². The molecule has 0 fully saturated rings. The number of hydrogen-bond acceptors (Lipinski definition) is 13. The highest BCUT2D eigenvalue weighted by Crippen LogP contribution is 2.08. The SMILES string of the molecule is C=CCn1c(=O)n(CC(O)CC)c(=O)n(CC(O)COC(=O)C(O)C(O)C(O)C(O)C(=O)OC)c1=O. The molecule has 0 saturated heterocycles. The van der Waals surface area contributed by atoms with Crippen LogP contribution in [0.4, 0.5) is 0 Å². The van der Waals surface area contributed by atoms with Crippen molar-refractivity contribution in [2.45, 2.75) is 69.6 Å². The third-order valence-electron chi connectivity index (χ3n) is 5.05.